The molecule has 1 aliphatic heterocycles. The van der Waals surface area contributed by atoms with Crippen molar-refractivity contribution in [3.63, 3.8) is 0 Å². The number of nitrogens with one attached hydrogen (secondary N) is 1. The van der Waals surface area contributed by atoms with E-state index in [1.165, 1.54) is 18.4 Å². The molecular formula is C17H26N2O. The fourth-order valence-corrected chi connectivity index (χ4v) is 2.87. The van der Waals surface area contributed by atoms with Crippen LogP contribution in [0.4, 0.5) is 0 Å². The first kappa shape index (κ1) is 15.0. The molecule has 1 aromatic rings. The van der Waals surface area contributed by atoms with Gasteiger partial charge >= 0.3 is 0 Å². The van der Waals surface area contributed by atoms with Crippen LogP contribution in [0.25, 0.3) is 0 Å². The maximum Gasteiger partial charge on any atom is 0.226 e. The highest BCUT2D eigenvalue weighted by Gasteiger charge is 2.20. The van der Waals surface area contributed by atoms with Crippen LogP contribution in [-0.2, 0) is 11.2 Å². The van der Waals surface area contributed by atoms with E-state index in [-0.39, 0.29) is 5.91 Å². The fraction of sp³-hybridized carbons (Fsp3) is 0.588. The Bertz CT molecular complexity index is 438. The molecular weight excluding hydrogens is 248 g/mol. The van der Waals surface area contributed by atoms with Crippen molar-refractivity contribution in [2.45, 2.75) is 33.1 Å². The summed E-state index contributed by atoms with van der Waals surface area (Å²) in [5, 5.41) is 3.38. The predicted octanol–water partition coefficient (Wildman–Crippen LogP) is 2.39. The quantitative estimate of drug-likeness (QED) is 0.894. The SMILES string of the molecule is CCN(CC1CCNCC1)C(=O)Cc1ccccc1C. The van der Waals surface area contributed by atoms with E-state index in [2.05, 4.69) is 31.3 Å². The first-order chi connectivity index (χ1) is 9.70. The normalized spacial score (nSPS) is 16.1. The van der Waals surface area contributed by atoms with Crippen molar-refractivity contribution in [2.75, 3.05) is 26.2 Å². The zero-order chi connectivity index (χ0) is 14.4. The van der Waals surface area contributed by atoms with Crippen LogP contribution >= 0.6 is 0 Å². The van der Waals surface area contributed by atoms with Crippen molar-refractivity contribution in [1.29, 1.82) is 0 Å². The van der Waals surface area contributed by atoms with Crippen LogP contribution < -0.4 is 5.32 Å². The molecule has 0 radical (unpaired) electrons. The number of nitrogens with zero attached hydrogens (tertiary/aromatic N) is 1. The lowest BCUT2D eigenvalue weighted by molar-refractivity contribution is -0.131. The van der Waals surface area contributed by atoms with E-state index in [0.717, 1.165) is 31.7 Å². The molecule has 1 N–H and O–H groups in total. The van der Waals surface area contributed by atoms with Crippen LogP contribution in [0.2, 0.25) is 0 Å². The largest absolute Gasteiger partial charge is 0.342 e. The molecule has 2 rings (SSSR count). The summed E-state index contributed by atoms with van der Waals surface area (Å²) in [5.74, 6) is 0.928. The number of carbonyl (C=O) groups excluding carboxylic acids is 1. The third-order valence-electron chi connectivity index (χ3n) is 4.27. The molecule has 1 fully saturated rings. The molecule has 20 heavy (non-hydrogen) atoms. The van der Waals surface area contributed by atoms with E-state index in [1.54, 1.807) is 0 Å². The number of likely N-dealkylation sites (N-methyl/N-ethyl adjacent to an activating group) is 1. The highest BCUT2D eigenvalue weighted by atomic mass is 16.2. The molecule has 0 aliphatic carbocycles. The van der Waals surface area contributed by atoms with Gasteiger partial charge in [0.25, 0.3) is 0 Å². The maximum absolute atomic E-state index is 12.5. The van der Waals surface area contributed by atoms with Crippen molar-refractivity contribution >= 4 is 5.91 Å². The lowest BCUT2D eigenvalue weighted by atomic mass is 9.97. The second-order valence-corrected chi connectivity index (χ2v) is 5.73. The number of hydrogen-bond acceptors (Lipinski definition) is 2. The van der Waals surface area contributed by atoms with Gasteiger partial charge in [-0.1, -0.05) is 24.3 Å². The number of piperidine rings is 1. The zero-order valence-corrected chi connectivity index (χ0v) is 12.7. The van der Waals surface area contributed by atoms with E-state index in [9.17, 15) is 4.79 Å². The summed E-state index contributed by atoms with van der Waals surface area (Å²) in [4.78, 5) is 14.5. The fourth-order valence-electron chi connectivity index (χ4n) is 2.87. The van der Waals surface area contributed by atoms with Crippen LogP contribution in [0.3, 0.4) is 0 Å². The Morgan fingerprint density at radius 1 is 1.30 bits per heavy atom. The van der Waals surface area contributed by atoms with Gasteiger partial charge in [-0.05, 0) is 56.8 Å². The van der Waals surface area contributed by atoms with E-state index < -0.39 is 0 Å². The van der Waals surface area contributed by atoms with Crippen molar-refractivity contribution < 1.29 is 4.79 Å². The van der Waals surface area contributed by atoms with E-state index in [0.29, 0.717) is 12.3 Å². The standard InChI is InChI=1S/C17H26N2O/c1-3-19(13-15-8-10-18-11-9-15)17(20)12-16-7-5-4-6-14(16)2/h4-7,15,18H,3,8-13H2,1-2H3. The van der Waals surface area contributed by atoms with Gasteiger partial charge in [0.2, 0.25) is 5.91 Å². The first-order valence-corrected chi connectivity index (χ1v) is 7.73. The molecule has 0 aromatic heterocycles. The Hall–Kier alpha value is -1.35. The Balaban J connectivity index is 1.93. The molecule has 0 spiro atoms. The molecule has 3 heteroatoms. The third kappa shape index (κ3) is 4.07. The minimum atomic E-state index is 0.264. The Morgan fingerprint density at radius 3 is 2.65 bits per heavy atom. The Morgan fingerprint density at radius 2 is 2.00 bits per heavy atom. The van der Waals surface area contributed by atoms with Crippen LogP contribution in [-0.4, -0.2) is 37.0 Å². The average Bonchev–Trinajstić information content (AvgIpc) is 2.48. The van der Waals surface area contributed by atoms with Crippen molar-refractivity contribution in [3.8, 4) is 0 Å². The number of hydrogen-bond donors (Lipinski definition) is 1. The molecule has 0 bridgehead atoms. The molecule has 1 amide bonds. The minimum absolute atomic E-state index is 0.264. The Labute approximate surface area is 122 Å². The van der Waals surface area contributed by atoms with Crippen LogP contribution in [0, 0.1) is 12.8 Å². The first-order valence-electron chi connectivity index (χ1n) is 7.73. The van der Waals surface area contributed by atoms with Gasteiger partial charge in [0, 0.05) is 13.1 Å². The van der Waals surface area contributed by atoms with Crippen LogP contribution in [0.5, 0.6) is 0 Å². The highest BCUT2D eigenvalue weighted by molar-refractivity contribution is 5.79. The van der Waals surface area contributed by atoms with Gasteiger partial charge in [-0.15, -0.1) is 0 Å². The van der Waals surface area contributed by atoms with E-state index in [4.69, 9.17) is 0 Å². The van der Waals surface area contributed by atoms with Gasteiger partial charge in [0.15, 0.2) is 0 Å². The third-order valence-corrected chi connectivity index (χ3v) is 4.27. The summed E-state index contributed by atoms with van der Waals surface area (Å²) in [5.41, 5.74) is 2.36. The highest BCUT2D eigenvalue weighted by Crippen LogP contribution is 2.15. The van der Waals surface area contributed by atoms with Gasteiger partial charge in [-0.25, -0.2) is 0 Å². The minimum Gasteiger partial charge on any atom is -0.342 e. The molecule has 0 saturated carbocycles. The maximum atomic E-state index is 12.5. The average molecular weight is 274 g/mol. The molecule has 1 aromatic carbocycles. The second kappa shape index (κ2) is 7.44. The summed E-state index contributed by atoms with van der Waals surface area (Å²) < 4.78 is 0. The lowest BCUT2D eigenvalue weighted by Gasteiger charge is -2.29. The van der Waals surface area contributed by atoms with Gasteiger partial charge in [-0.2, -0.15) is 0 Å². The summed E-state index contributed by atoms with van der Waals surface area (Å²) in [6.45, 7) is 8.07. The van der Waals surface area contributed by atoms with Gasteiger partial charge in [-0.3, -0.25) is 4.79 Å². The predicted molar refractivity (Wildman–Crippen MR) is 82.7 cm³/mol. The number of amides is 1. The van der Waals surface area contributed by atoms with Crippen LogP contribution in [0.15, 0.2) is 24.3 Å². The smallest absolute Gasteiger partial charge is 0.226 e. The molecule has 110 valence electrons. The van der Waals surface area contributed by atoms with Crippen molar-refractivity contribution in [3.05, 3.63) is 35.4 Å². The van der Waals surface area contributed by atoms with Crippen molar-refractivity contribution in [2.24, 2.45) is 5.92 Å². The van der Waals surface area contributed by atoms with E-state index >= 15 is 0 Å². The summed E-state index contributed by atoms with van der Waals surface area (Å²) in [6.07, 6.45) is 2.91. The number of aryl methyl sites for hydroxylation is 1. The number of rotatable bonds is 5. The van der Waals surface area contributed by atoms with Gasteiger partial charge in [0.05, 0.1) is 6.42 Å². The monoisotopic (exact) mass is 274 g/mol. The lowest BCUT2D eigenvalue weighted by Crippen LogP contribution is -2.40. The number of carbonyl (C=O) groups is 1. The molecule has 0 atom stereocenters. The topological polar surface area (TPSA) is 32.3 Å². The second-order valence-electron chi connectivity index (χ2n) is 5.73. The number of benzene rings is 1. The molecule has 1 heterocycles. The molecule has 1 aliphatic rings. The zero-order valence-electron chi connectivity index (χ0n) is 12.7. The molecule has 0 unspecified atom stereocenters. The van der Waals surface area contributed by atoms with Gasteiger partial charge in [0.1, 0.15) is 0 Å². The molecule has 1 saturated heterocycles. The summed E-state index contributed by atoms with van der Waals surface area (Å²) in [6, 6.07) is 8.17. The molecule has 3 nitrogen and oxygen atoms in total. The van der Waals surface area contributed by atoms with E-state index in [1.807, 2.05) is 17.0 Å². The van der Waals surface area contributed by atoms with Gasteiger partial charge < -0.3 is 10.2 Å². The van der Waals surface area contributed by atoms with Crippen LogP contribution in [0.1, 0.15) is 30.9 Å². The van der Waals surface area contributed by atoms with Crippen molar-refractivity contribution in [1.82, 2.24) is 10.2 Å². The summed E-state index contributed by atoms with van der Waals surface area (Å²) >= 11 is 0. The Kier molecular flexibility index (Phi) is 5.60. The summed E-state index contributed by atoms with van der Waals surface area (Å²) in [7, 11) is 0.